The molecule has 0 saturated carbocycles. The molecule has 0 aromatic heterocycles. The molecule has 2 atom stereocenters. The van der Waals surface area contributed by atoms with Crippen molar-refractivity contribution in [2.45, 2.75) is 26.0 Å². The van der Waals surface area contributed by atoms with Crippen LogP contribution in [0, 0.1) is 0 Å². The second-order valence-corrected chi connectivity index (χ2v) is 3.91. The van der Waals surface area contributed by atoms with Crippen LogP contribution in [0.5, 0.6) is 5.75 Å². The Kier molecular flexibility index (Phi) is 2.00. The number of nitrogens with zero attached hydrogens (tertiary/aromatic N) is 2. The average molecular weight is 220 g/mol. The Morgan fingerprint density at radius 1 is 1.44 bits per heavy atom. The third-order valence-corrected chi connectivity index (χ3v) is 2.72. The lowest BCUT2D eigenvalue weighted by atomic mass is 10.2. The second-order valence-electron chi connectivity index (χ2n) is 3.91. The van der Waals surface area contributed by atoms with Gasteiger partial charge in [0.2, 0.25) is 6.23 Å². The summed E-state index contributed by atoms with van der Waals surface area (Å²) >= 11 is 0. The van der Waals surface area contributed by atoms with Gasteiger partial charge in [-0.3, -0.25) is 4.90 Å². The Morgan fingerprint density at radius 2 is 2.25 bits per heavy atom. The third-order valence-electron chi connectivity index (χ3n) is 2.72. The fourth-order valence-corrected chi connectivity index (χ4v) is 1.98. The molecule has 0 amide bonds. The van der Waals surface area contributed by atoms with Crippen LogP contribution in [0.25, 0.3) is 0 Å². The molecule has 2 aliphatic rings. The van der Waals surface area contributed by atoms with Crippen LogP contribution in [0.15, 0.2) is 29.4 Å². The minimum atomic E-state index is -0.997. The van der Waals surface area contributed by atoms with Gasteiger partial charge in [0.25, 0.3) is 6.41 Å². The van der Waals surface area contributed by atoms with Crippen LogP contribution < -0.4 is 9.64 Å². The molecule has 0 radical (unpaired) electrons. The van der Waals surface area contributed by atoms with Crippen molar-refractivity contribution >= 4 is 11.4 Å². The minimum Gasteiger partial charge on any atom is -0.444 e. The van der Waals surface area contributed by atoms with E-state index in [1.165, 1.54) is 0 Å². The van der Waals surface area contributed by atoms with Crippen molar-refractivity contribution in [3.05, 3.63) is 24.3 Å². The zero-order chi connectivity index (χ0) is 11.1. The van der Waals surface area contributed by atoms with Gasteiger partial charge in [-0.2, -0.15) is 0 Å². The first kappa shape index (κ1) is 9.47. The smallest absolute Gasteiger partial charge is 0.284 e. The van der Waals surface area contributed by atoms with Crippen LogP contribution >= 0.6 is 0 Å². The van der Waals surface area contributed by atoms with Gasteiger partial charge in [-0.1, -0.05) is 17.3 Å². The quantitative estimate of drug-likeness (QED) is 0.774. The van der Waals surface area contributed by atoms with E-state index in [9.17, 15) is 5.11 Å². The van der Waals surface area contributed by atoms with Crippen molar-refractivity contribution < 1.29 is 14.7 Å². The molecule has 5 heteroatoms. The maximum absolute atomic E-state index is 9.83. The summed E-state index contributed by atoms with van der Waals surface area (Å²) < 4.78 is 5.32. The van der Waals surface area contributed by atoms with Crippen LogP contribution in [-0.4, -0.2) is 23.5 Å². The number of aliphatic hydroxyl groups excluding tert-OH is 1. The molecular weight excluding hydrogens is 208 g/mol. The van der Waals surface area contributed by atoms with Gasteiger partial charge in [-0.15, -0.1) is 0 Å². The number of para-hydroxylation sites is 2. The average Bonchev–Trinajstić information content (AvgIpc) is 2.80. The topological polar surface area (TPSA) is 54.3 Å². The van der Waals surface area contributed by atoms with E-state index in [0.717, 1.165) is 11.4 Å². The zero-order valence-electron chi connectivity index (χ0n) is 8.83. The Balaban J connectivity index is 1.91. The van der Waals surface area contributed by atoms with E-state index in [1.54, 1.807) is 4.90 Å². The molecule has 0 saturated heterocycles. The Morgan fingerprint density at radius 3 is 3.00 bits per heavy atom. The van der Waals surface area contributed by atoms with Crippen molar-refractivity contribution in [2.24, 2.45) is 5.16 Å². The molecular formula is C11H12N2O3. The normalized spacial score (nSPS) is 27.1. The molecule has 16 heavy (non-hydrogen) atoms. The Hall–Kier alpha value is -1.75. The summed E-state index contributed by atoms with van der Waals surface area (Å²) in [7, 11) is 0. The van der Waals surface area contributed by atoms with Gasteiger partial charge >= 0.3 is 0 Å². The Bertz CT molecular complexity index is 447. The first-order valence-electron chi connectivity index (χ1n) is 5.17. The predicted octanol–water partition coefficient (Wildman–Crippen LogP) is 1.28. The summed E-state index contributed by atoms with van der Waals surface area (Å²) in [6.07, 6.45) is -0.600. The van der Waals surface area contributed by atoms with E-state index in [1.807, 2.05) is 31.2 Å². The van der Waals surface area contributed by atoms with Gasteiger partial charge in [0, 0.05) is 6.42 Å². The van der Waals surface area contributed by atoms with Crippen molar-refractivity contribution in [3.8, 4) is 5.75 Å². The highest BCUT2D eigenvalue weighted by atomic mass is 16.7. The number of oxime groups is 1. The molecule has 0 fully saturated rings. The van der Waals surface area contributed by atoms with Gasteiger partial charge in [-0.05, 0) is 19.1 Å². The van der Waals surface area contributed by atoms with Gasteiger partial charge in [-0.25, -0.2) is 0 Å². The van der Waals surface area contributed by atoms with Gasteiger partial charge < -0.3 is 14.7 Å². The first-order chi connectivity index (χ1) is 7.75. The highest BCUT2D eigenvalue weighted by molar-refractivity contribution is 5.83. The summed E-state index contributed by atoms with van der Waals surface area (Å²) in [5, 5.41) is 13.7. The molecule has 1 aromatic rings. The van der Waals surface area contributed by atoms with Gasteiger partial charge in [0.1, 0.15) is 5.75 Å². The van der Waals surface area contributed by atoms with Crippen molar-refractivity contribution in [3.63, 3.8) is 0 Å². The minimum absolute atomic E-state index is 0.279. The number of rotatable bonds is 1. The number of anilines is 1. The van der Waals surface area contributed by atoms with Crippen molar-refractivity contribution in [1.29, 1.82) is 0 Å². The number of aliphatic hydroxyl groups is 1. The molecule has 1 aromatic carbocycles. The molecule has 2 aliphatic heterocycles. The standard InChI is InChI=1S/C11H12N2O3/c1-7-6-10(16-12-7)13-8-4-2-3-5-9(8)15-11(13)14/h2-5,10-11,14H,6H2,1H3. The monoisotopic (exact) mass is 220 g/mol. The van der Waals surface area contributed by atoms with Gasteiger partial charge in [0.15, 0.2) is 0 Å². The van der Waals surface area contributed by atoms with E-state index in [4.69, 9.17) is 9.57 Å². The molecule has 2 heterocycles. The SMILES string of the molecule is CC1=NOC(N2c3ccccc3OC2O)C1. The summed E-state index contributed by atoms with van der Waals surface area (Å²) in [5.41, 5.74) is 1.76. The second kappa shape index (κ2) is 3.38. The largest absolute Gasteiger partial charge is 0.444 e. The lowest BCUT2D eigenvalue weighted by Gasteiger charge is -2.25. The van der Waals surface area contributed by atoms with E-state index >= 15 is 0 Å². The van der Waals surface area contributed by atoms with Crippen molar-refractivity contribution in [1.82, 2.24) is 0 Å². The summed E-state index contributed by atoms with van der Waals surface area (Å²) in [5.74, 6) is 0.670. The number of fused-ring (bicyclic) bond motifs is 1. The fraction of sp³-hybridized carbons (Fsp3) is 0.364. The van der Waals surface area contributed by atoms with E-state index < -0.39 is 6.41 Å². The van der Waals surface area contributed by atoms with E-state index in [0.29, 0.717) is 12.2 Å². The summed E-state index contributed by atoms with van der Waals surface area (Å²) in [6.45, 7) is 1.90. The highest BCUT2D eigenvalue weighted by Gasteiger charge is 2.38. The van der Waals surface area contributed by atoms with Crippen LogP contribution in [0.4, 0.5) is 5.69 Å². The molecule has 2 unspecified atom stereocenters. The Labute approximate surface area is 92.9 Å². The molecule has 5 nitrogen and oxygen atoms in total. The maximum atomic E-state index is 9.83. The van der Waals surface area contributed by atoms with Crippen LogP contribution in [0.2, 0.25) is 0 Å². The van der Waals surface area contributed by atoms with Gasteiger partial charge in [0.05, 0.1) is 11.4 Å². The lowest BCUT2D eigenvalue weighted by Crippen LogP contribution is -2.42. The van der Waals surface area contributed by atoms with E-state index in [-0.39, 0.29) is 6.23 Å². The van der Waals surface area contributed by atoms with Crippen LogP contribution in [-0.2, 0) is 4.84 Å². The number of benzene rings is 1. The predicted molar refractivity (Wildman–Crippen MR) is 58.2 cm³/mol. The fourth-order valence-electron chi connectivity index (χ4n) is 1.98. The molecule has 0 aliphatic carbocycles. The lowest BCUT2D eigenvalue weighted by molar-refractivity contribution is -0.0408. The van der Waals surface area contributed by atoms with Crippen molar-refractivity contribution in [2.75, 3.05) is 4.90 Å². The van der Waals surface area contributed by atoms with Crippen LogP contribution in [0.3, 0.4) is 0 Å². The summed E-state index contributed by atoms with van der Waals surface area (Å²) in [6, 6.07) is 7.48. The maximum Gasteiger partial charge on any atom is 0.284 e. The zero-order valence-corrected chi connectivity index (χ0v) is 8.83. The first-order valence-corrected chi connectivity index (χ1v) is 5.17. The number of ether oxygens (including phenoxy) is 1. The molecule has 1 N–H and O–H groups in total. The molecule has 3 rings (SSSR count). The van der Waals surface area contributed by atoms with E-state index in [2.05, 4.69) is 5.16 Å². The number of hydrogen-bond acceptors (Lipinski definition) is 5. The third kappa shape index (κ3) is 1.32. The van der Waals surface area contributed by atoms with Crippen LogP contribution in [0.1, 0.15) is 13.3 Å². The highest BCUT2D eigenvalue weighted by Crippen LogP contribution is 2.38. The molecule has 0 bridgehead atoms. The number of hydrogen-bond donors (Lipinski definition) is 1. The molecule has 0 spiro atoms. The summed E-state index contributed by atoms with van der Waals surface area (Å²) in [4.78, 5) is 6.94. The molecule has 84 valence electrons.